The quantitative estimate of drug-likeness (QED) is 0.0548. The second-order valence-corrected chi connectivity index (χ2v) is 13.7. The second-order valence-electron chi connectivity index (χ2n) is 11.7. The predicted octanol–water partition coefficient (Wildman–Crippen LogP) is 8.83. The largest absolute Gasteiger partial charge is 0.483 e. The minimum absolute atomic E-state index is 0.0358. The lowest BCUT2D eigenvalue weighted by Crippen LogP contribution is -2.08. The van der Waals surface area contributed by atoms with Crippen molar-refractivity contribution < 1.29 is 57.1 Å². The van der Waals surface area contributed by atoms with Crippen LogP contribution in [0.4, 0.5) is 0 Å². The highest BCUT2D eigenvalue weighted by atomic mass is 32.1. The zero-order valence-corrected chi connectivity index (χ0v) is 33.1. The van der Waals surface area contributed by atoms with Crippen LogP contribution in [-0.2, 0) is 45.4 Å². The number of rotatable bonds is 20. The van der Waals surface area contributed by atoms with E-state index in [9.17, 15) is 19.2 Å². The van der Waals surface area contributed by atoms with Crippen molar-refractivity contribution in [1.82, 2.24) is 0 Å². The van der Waals surface area contributed by atoms with Crippen molar-refractivity contribution in [2.45, 2.75) is 54.1 Å². The molecule has 14 heteroatoms. The van der Waals surface area contributed by atoms with E-state index in [1.807, 2.05) is 78.9 Å². The van der Waals surface area contributed by atoms with Crippen LogP contribution in [-0.4, -0.2) is 50.3 Å². The fourth-order valence-corrected chi connectivity index (χ4v) is 7.18. The van der Waals surface area contributed by atoms with Crippen LogP contribution in [0.15, 0.2) is 84.9 Å². The Bertz CT molecular complexity index is 1940. The summed E-state index contributed by atoms with van der Waals surface area (Å²) in [6.07, 6.45) is 0. The van der Waals surface area contributed by atoms with Gasteiger partial charge in [0.05, 0.1) is 26.4 Å². The van der Waals surface area contributed by atoms with Crippen molar-refractivity contribution in [3.63, 3.8) is 0 Å². The smallest absolute Gasteiger partial charge is 0.352 e. The van der Waals surface area contributed by atoms with Crippen LogP contribution in [0.25, 0.3) is 0 Å². The summed E-state index contributed by atoms with van der Waals surface area (Å²) < 4.78 is 46.0. The van der Waals surface area contributed by atoms with Gasteiger partial charge in [0.1, 0.15) is 26.4 Å². The monoisotopic (exact) mass is 802 g/mol. The van der Waals surface area contributed by atoms with Gasteiger partial charge in [0, 0.05) is 0 Å². The molecule has 0 aliphatic carbocycles. The van der Waals surface area contributed by atoms with Crippen LogP contribution < -0.4 is 18.9 Å². The number of esters is 4. The maximum atomic E-state index is 13.1. The molecule has 0 aliphatic rings. The minimum atomic E-state index is -0.671. The van der Waals surface area contributed by atoms with Gasteiger partial charge in [0.15, 0.2) is 42.5 Å². The summed E-state index contributed by atoms with van der Waals surface area (Å²) in [4.78, 5) is 52.7. The zero-order valence-electron chi connectivity index (χ0n) is 31.5. The first-order valence-corrected chi connectivity index (χ1v) is 19.6. The number of benzene rings is 3. The average Bonchev–Trinajstić information content (AvgIpc) is 3.77. The Kier molecular flexibility index (Phi) is 15.3. The van der Waals surface area contributed by atoms with E-state index in [-0.39, 0.29) is 95.4 Å². The van der Waals surface area contributed by atoms with Crippen LogP contribution >= 0.6 is 22.7 Å². The molecular formula is C42H42O12S2. The van der Waals surface area contributed by atoms with Crippen molar-refractivity contribution in [3.05, 3.63) is 127 Å². The highest BCUT2D eigenvalue weighted by Crippen LogP contribution is 2.45. The Morgan fingerprint density at radius 1 is 0.393 bits per heavy atom. The topological polar surface area (TPSA) is 142 Å². The molecule has 0 fully saturated rings. The number of hydrogen-bond acceptors (Lipinski definition) is 14. The van der Waals surface area contributed by atoms with E-state index in [1.54, 1.807) is 33.8 Å². The number of hydrogen-bond donors (Lipinski definition) is 0. The highest BCUT2D eigenvalue weighted by Gasteiger charge is 2.33. The van der Waals surface area contributed by atoms with Gasteiger partial charge in [0.2, 0.25) is 0 Å². The molecule has 0 radical (unpaired) electrons. The molecule has 0 spiro atoms. The summed E-state index contributed by atoms with van der Waals surface area (Å²) in [5, 5.41) is 0. The molecule has 0 saturated carbocycles. The lowest BCUT2D eigenvalue weighted by Gasteiger charge is -2.14. The van der Waals surface area contributed by atoms with Gasteiger partial charge in [0.25, 0.3) is 0 Å². The first-order chi connectivity index (χ1) is 27.3. The van der Waals surface area contributed by atoms with Gasteiger partial charge >= 0.3 is 23.9 Å². The first kappa shape index (κ1) is 41.3. The van der Waals surface area contributed by atoms with E-state index >= 15 is 0 Å². The third-order valence-corrected chi connectivity index (χ3v) is 9.92. The molecule has 0 bridgehead atoms. The SMILES string of the molecule is CCOC(=O)c1sc(C(=O)OCC)c(OCc2cccc(COc3c(C(=O)OCC)sc(C(=O)OCC)c3OCc3ccccc3)c2)c1OCc1ccccc1. The van der Waals surface area contributed by atoms with E-state index in [0.29, 0.717) is 11.1 Å². The highest BCUT2D eigenvalue weighted by molar-refractivity contribution is 7.17. The van der Waals surface area contributed by atoms with Crippen molar-refractivity contribution in [3.8, 4) is 23.0 Å². The van der Waals surface area contributed by atoms with Gasteiger partial charge < -0.3 is 37.9 Å². The average molecular weight is 803 g/mol. The molecule has 0 N–H and O–H groups in total. The Balaban J connectivity index is 1.43. The molecule has 0 unspecified atom stereocenters. The molecule has 3 aromatic carbocycles. The molecule has 56 heavy (non-hydrogen) atoms. The first-order valence-electron chi connectivity index (χ1n) is 18.0. The fourth-order valence-electron chi connectivity index (χ4n) is 5.23. The van der Waals surface area contributed by atoms with Gasteiger partial charge in [-0.05, 0) is 56.0 Å². The normalized spacial score (nSPS) is 10.6. The van der Waals surface area contributed by atoms with E-state index in [4.69, 9.17) is 37.9 Å². The van der Waals surface area contributed by atoms with Crippen LogP contribution in [0.2, 0.25) is 0 Å². The van der Waals surface area contributed by atoms with Crippen molar-refractivity contribution in [1.29, 1.82) is 0 Å². The fraction of sp³-hybridized carbons (Fsp3) is 0.286. The molecule has 2 aromatic heterocycles. The summed E-state index contributed by atoms with van der Waals surface area (Å²) in [5.74, 6) is -2.40. The van der Waals surface area contributed by atoms with Crippen molar-refractivity contribution >= 4 is 46.6 Å². The van der Waals surface area contributed by atoms with E-state index in [2.05, 4.69) is 0 Å². The lowest BCUT2D eigenvalue weighted by atomic mass is 10.1. The van der Waals surface area contributed by atoms with Crippen LogP contribution in [0.5, 0.6) is 23.0 Å². The summed E-state index contributed by atoms with van der Waals surface area (Å²) in [6.45, 7) is 7.30. The Labute approximate surface area is 332 Å². The Morgan fingerprint density at radius 3 is 0.946 bits per heavy atom. The Morgan fingerprint density at radius 2 is 0.661 bits per heavy atom. The van der Waals surface area contributed by atoms with Crippen LogP contribution in [0, 0.1) is 0 Å². The summed E-state index contributed by atoms with van der Waals surface area (Å²) in [5.41, 5.74) is 3.04. The maximum Gasteiger partial charge on any atom is 0.352 e. The zero-order chi connectivity index (χ0) is 39.9. The molecule has 0 saturated heterocycles. The van der Waals surface area contributed by atoms with Gasteiger partial charge in [-0.1, -0.05) is 78.9 Å². The molecular weight excluding hydrogens is 761 g/mol. The van der Waals surface area contributed by atoms with Gasteiger partial charge in [-0.2, -0.15) is 0 Å². The number of thiophene rings is 2. The van der Waals surface area contributed by atoms with Crippen LogP contribution in [0.3, 0.4) is 0 Å². The maximum absolute atomic E-state index is 13.1. The number of carbonyl (C=O) groups excluding carboxylic acids is 4. The van der Waals surface area contributed by atoms with Crippen LogP contribution in [0.1, 0.15) is 88.6 Å². The molecule has 12 nitrogen and oxygen atoms in total. The number of carbonyl (C=O) groups is 4. The van der Waals surface area contributed by atoms with Gasteiger partial charge in [-0.3, -0.25) is 0 Å². The standard InChI is InChI=1S/C42H42O12S2/c1-5-47-39(43)35-31(51-23-27-16-11-9-12-17-27)33(37(55-35)41(45)49-7-3)53-25-29-20-15-21-30(22-29)26-54-34-32(52-24-28-18-13-10-14-19-28)36(40(44)48-6-2)56-38(34)42(46)50-8-4/h9-22H,5-8,23-26H2,1-4H3. The van der Waals surface area contributed by atoms with Gasteiger partial charge in [-0.15, -0.1) is 22.7 Å². The molecule has 0 amide bonds. The lowest BCUT2D eigenvalue weighted by molar-refractivity contribution is 0.0515. The molecule has 0 aliphatic heterocycles. The third kappa shape index (κ3) is 10.7. The molecule has 2 heterocycles. The van der Waals surface area contributed by atoms with E-state index < -0.39 is 23.9 Å². The van der Waals surface area contributed by atoms with E-state index in [1.165, 1.54) is 0 Å². The minimum Gasteiger partial charge on any atom is -0.483 e. The Hall–Kier alpha value is -5.86. The summed E-state index contributed by atoms with van der Waals surface area (Å²) >= 11 is 1.76. The molecule has 294 valence electrons. The molecule has 5 rings (SSSR count). The van der Waals surface area contributed by atoms with Crippen molar-refractivity contribution in [2.75, 3.05) is 26.4 Å². The molecule has 5 aromatic rings. The predicted molar refractivity (Wildman–Crippen MR) is 209 cm³/mol. The third-order valence-electron chi connectivity index (χ3n) is 7.70. The van der Waals surface area contributed by atoms with Crippen molar-refractivity contribution in [2.24, 2.45) is 0 Å². The summed E-state index contributed by atoms with van der Waals surface area (Å²) in [7, 11) is 0. The second kappa shape index (κ2) is 20.7. The molecule has 0 atom stereocenters. The van der Waals surface area contributed by atoms with E-state index in [0.717, 1.165) is 33.8 Å². The van der Waals surface area contributed by atoms with Gasteiger partial charge in [-0.25, -0.2) is 19.2 Å². The number of ether oxygens (including phenoxy) is 8. The summed E-state index contributed by atoms with van der Waals surface area (Å²) in [6, 6.07) is 26.0.